The summed E-state index contributed by atoms with van der Waals surface area (Å²) in [6, 6.07) is 10.0. The molecule has 1 saturated heterocycles. The van der Waals surface area contributed by atoms with Gasteiger partial charge in [0.05, 0.1) is 12.2 Å². The van der Waals surface area contributed by atoms with Crippen LogP contribution in [0, 0.1) is 18.3 Å². The van der Waals surface area contributed by atoms with E-state index in [1.165, 1.54) is 0 Å². The van der Waals surface area contributed by atoms with Crippen LogP contribution in [0.15, 0.2) is 24.3 Å². The Morgan fingerprint density at radius 1 is 1.50 bits per heavy atom. The summed E-state index contributed by atoms with van der Waals surface area (Å²) in [5, 5.41) is 12.4. The van der Waals surface area contributed by atoms with Gasteiger partial charge in [-0.15, -0.1) is 0 Å². The molecular formula is C13H16N2O. The van der Waals surface area contributed by atoms with Crippen LogP contribution in [0.2, 0.25) is 0 Å². The molecule has 3 heteroatoms. The van der Waals surface area contributed by atoms with Crippen LogP contribution < -0.4 is 5.32 Å². The summed E-state index contributed by atoms with van der Waals surface area (Å²) >= 11 is 0. The Morgan fingerprint density at radius 3 is 2.94 bits per heavy atom. The van der Waals surface area contributed by atoms with E-state index in [9.17, 15) is 0 Å². The third-order valence-corrected chi connectivity index (χ3v) is 2.93. The average Bonchev–Trinajstić information content (AvgIpc) is 2.81. The first-order chi connectivity index (χ1) is 7.81. The molecule has 0 spiro atoms. The minimum absolute atomic E-state index is 0.0320. The maximum Gasteiger partial charge on any atom is 0.141 e. The molecule has 0 saturated carbocycles. The Labute approximate surface area is 96.0 Å². The zero-order valence-electron chi connectivity index (χ0n) is 9.44. The van der Waals surface area contributed by atoms with Gasteiger partial charge in [0.15, 0.2) is 0 Å². The molecule has 1 fully saturated rings. The van der Waals surface area contributed by atoms with Crippen LogP contribution in [0.5, 0.6) is 0 Å². The quantitative estimate of drug-likeness (QED) is 0.844. The van der Waals surface area contributed by atoms with Gasteiger partial charge >= 0.3 is 0 Å². The van der Waals surface area contributed by atoms with Gasteiger partial charge in [0.25, 0.3) is 0 Å². The van der Waals surface area contributed by atoms with Crippen molar-refractivity contribution in [3.05, 3.63) is 29.8 Å². The molecule has 1 heterocycles. The normalized spacial score (nSPS) is 21.4. The van der Waals surface area contributed by atoms with Gasteiger partial charge in [-0.05, 0) is 31.4 Å². The standard InChI is InChI=1S/C13H16N2O/c1-10-5-2-3-6-11(10)15-12(9-14)13-7-4-8-16-13/h2-3,5-6,12-13,15H,4,7-8H2,1H3. The Balaban J connectivity index is 2.07. The van der Waals surface area contributed by atoms with E-state index < -0.39 is 0 Å². The highest BCUT2D eigenvalue weighted by atomic mass is 16.5. The topological polar surface area (TPSA) is 45.0 Å². The first-order valence-corrected chi connectivity index (χ1v) is 5.64. The fourth-order valence-electron chi connectivity index (χ4n) is 1.98. The number of ether oxygens (including phenoxy) is 1. The second-order valence-electron chi connectivity index (χ2n) is 4.12. The number of nitrogens with zero attached hydrogens (tertiary/aromatic N) is 1. The van der Waals surface area contributed by atoms with Gasteiger partial charge in [0, 0.05) is 12.3 Å². The number of benzene rings is 1. The number of rotatable bonds is 3. The lowest BCUT2D eigenvalue weighted by atomic mass is 10.1. The van der Waals surface area contributed by atoms with Crippen molar-refractivity contribution >= 4 is 5.69 Å². The lowest BCUT2D eigenvalue weighted by molar-refractivity contribution is 0.107. The van der Waals surface area contributed by atoms with Crippen molar-refractivity contribution in [2.24, 2.45) is 0 Å². The van der Waals surface area contributed by atoms with Gasteiger partial charge in [-0.3, -0.25) is 0 Å². The smallest absolute Gasteiger partial charge is 0.141 e. The first-order valence-electron chi connectivity index (χ1n) is 5.64. The Kier molecular flexibility index (Phi) is 3.43. The van der Waals surface area contributed by atoms with E-state index in [4.69, 9.17) is 10.00 Å². The van der Waals surface area contributed by atoms with Crippen LogP contribution in [-0.4, -0.2) is 18.8 Å². The average molecular weight is 216 g/mol. The number of hydrogen-bond acceptors (Lipinski definition) is 3. The lowest BCUT2D eigenvalue weighted by Crippen LogP contribution is -2.31. The molecule has 84 valence electrons. The number of anilines is 1. The summed E-state index contributed by atoms with van der Waals surface area (Å²) < 4.78 is 5.53. The number of nitrogens with one attached hydrogen (secondary N) is 1. The zero-order chi connectivity index (χ0) is 11.4. The maximum absolute atomic E-state index is 9.15. The molecular weight excluding hydrogens is 200 g/mol. The lowest BCUT2D eigenvalue weighted by Gasteiger charge is -2.19. The molecule has 1 N–H and O–H groups in total. The van der Waals surface area contributed by atoms with Crippen molar-refractivity contribution < 1.29 is 4.74 Å². The molecule has 3 nitrogen and oxygen atoms in total. The first kappa shape index (κ1) is 11.0. The second kappa shape index (κ2) is 5.00. The zero-order valence-corrected chi connectivity index (χ0v) is 9.44. The van der Waals surface area contributed by atoms with Gasteiger partial charge in [-0.25, -0.2) is 0 Å². The molecule has 1 aliphatic heterocycles. The van der Waals surface area contributed by atoms with Gasteiger partial charge in [-0.1, -0.05) is 18.2 Å². The summed E-state index contributed by atoms with van der Waals surface area (Å²) in [7, 11) is 0. The SMILES string of the molecule is Cc1ccccc1NC(C#N)C1CCCO1. The van der Waals surface area contributed by atoms with Crippen LogP contribution in [0.1, 0.15) is 18.4 Å². The Bertz CT molecular complexity index is 391. The van der Waals surface area contributed by atoms with E-state index in [-0.39, 0.29) is 12.1 Å². The summed E-state index contributed by atoms with van der Waals surface area (Å²) in [6.07, 6.45) is 2.06. The van der Waals surface area contributed by atoms with Crippen molar-refractivity contribution in [2.75, 3.05) is 11.9 Å². The van der Waals surface area contributed by atoms with E-state index in [0.29, 0.717) is 0 Å². The third kappa shape index (κ3) is 2.34. The molecule has 0 radical (unpaired) electrons. The van der Waals surface area contributed by atoms with Crippen molar-refractivity contribution in [1.82, 2.24) is 0 Å². The van der Waals surface area contributed by atoms with Gasteiger partial charge in [0.1, 0.15) is 6.04 Å². The summed E-state index contributed by atoms with van der Waals surface area (Å²) in [4.78, 5) is 0. The largest absolute Gasteiger partial charge is 0.375 e. The van der Waals surface area contributed by atoms with E-state index in [1.807, 2.05) is 31.2 Å². The molecule has 0 bridgehead atoms. The summed E-state index contributed by atoms with van der Waals surface area (Å²) in [6.45, 7) is 2.81. The fourth-order valence-corrected chi connectivity index (χ4v) is 1.98. The minimum atomic E-state index is -0.247. The van der Waals surface area contributed by atoms with Crippen LogP contribution in [0.4, 0.5) is 5.69 Å². The van der Waals surface area contributed by atoms with E-state index in [0.717, 1.165) is 30.7 Å². The van der Waals surface area contributed by atoms with Gasteiger partial charge < -0.3 is 10.1 Å². The van der Waals surface area contributed by atoms with Crippen molar-refractivity contribution in [3.63, 3.8) is 0 Å². The predicted octanol–water partition coefficient (Wildman–Crippen LogP) is 2.48. The maximum atomic E-state index is 9.15. The van der Waals surface area contributed by atoms with Crippen LogP contribution >= 0.6 is 0 Å². The highest BCUT2D eigenvalue weighted by molar-refractivity contribution is 5.52. The highest BCUT2D eigenvalue weighted by Crippen LogP contribution is 2.20. The molecule has 0 aromatic heterocycles. The third-order valence-electron chi connectivity index (χ3n) is 2.93. The molecule has 1 aliphatic rings. The van der Waals surface area contributed by atoms with E-state index in [2.05, 4.69) is 11.4 Å². The summed E-state index contributed by atoms with van der Waals surface area (Å²) in [5.41, 5.74) is 2.17. The van der Waals surface area contributed by atoms with Gasteiger partial charge in [-0.2, -0.15) is 5.26 Å². The van der Waals surface area contributed by atoms with Crippen molar-refractivity contribution in [2.45, 2.75) is 31.9 Å². The molecule has 2 unspecified atom stereocenters. The predicted molar refractivity (Wildman–Crippen MR) is 63.2 cm³/mol. The molecule has 1 aromatic rings. The molecule has 0 amide bonds. The van der Waals surface area contributed by atoms with Crippen molar-refractivity contribution in [3.8, 4) is 6.07 Å². The molecule has 16 heavy (non-hydrogen) atoms. The van der Waals surface area contributed by atoms with Crippen molar-refractivity contribution in [1.29, 1.82) is 5.26 Å². The molecule has 2 atom stereocenters. The summed E-state index contributed by atoms with van der Waals surface area (Å²) in [5.74, 6) is 0. The molecule has 0 aliphatic carbocycles. The second-order valence-corrected chi connectivity index (χ2v) is 4.12. The van der Waals surface area contributed by atoms with Crippen LogP contribution in [0.3, 0.4) is 0 Å². The fraction of sp³-hybridized carbons (Fsp3) is 0.462. The Morgan fingerprint density at radius 2 is 2.31 bits per heavy atom. The number of hydrogen-bond donors (Lipinski definition) is 1. The highest BCUT2D eigenvalue weighted by Gasteiger charge is 2.25. The minimum Gasteiger partial charge on any atom is -0.375 e. The number of para-hydroxylation sites is 1. The number of aryl methyl sites for hydroxylation is 1. The van der Waals surface area contributed by atoms with Crippen LogP contribution in [0.25, 0.3) is 0 Å². The van der Waals surface area contributed by atoms with E-state index >= 15 is 0 Å². The Hall–Kier alpha value is -1.53. The monoisotopic (exact) mass is 216 g/mol. The van der Waals surface area contributed by atoms with Gasteiger partial charge in [0.2, 0.25) is 0 Å². The number of nitriles is 1. The van der Waals surface area contributed by atoms with E-state index in [1.54, 1.807) is 0 Å². The molecule has 2 rings (SSSR count). The van der Waals surface area contributed by atoms with Crippen LogP contribution in [-0.2, 0) is 4.74 Å². The molecule has 1 aromatic carbocycles.